The van der Waals surface area contributed by atoms with Crippen molar-refractivity contribution in [1.29, 1.82) is 0 Å². The van der Waals surface area contributed by atoms with Gasteiger partial charge in [-0.15, -0.1) is 0 Å². The minimum absolute atomic E-state index is 0.0467. The van der Waals surface area contributed by atoms with Crippen molar-refractivity contribution in [1.82, 2.24) is 9.55 Å². The zero-order chi connectivity index (χ0) is 22.8. The van der Waals surface area contributed by atoms with E-state index in [4.69, 9.17) is 9.72 Å². The van der Waals surface area contributed by atoms with Crippen LogP contribution in [0.25, 0.3) is 11.0 Å². The van der Waals surface area contributed by atoms with Crippen LogP contribution >= 0.6 is 0 Å². The number of anilines is 1. The van der Waals surface area contributed by atoms with Crippen molar-refractivity contribution < 1.29 is 14.6 Å². The average molecular weight is 442 g/mol. The number of aromatic nitrogens is 2. The second kappa shape index (κ2) is 9.08. The van der Waals surface area contributed by atoms with Crippen LogP contribution in [0.5, 0.6) is 5.75 Å². The molecule has 1 aliphatic heterocycles. The molecule has 0 radical (unpaired) electrons. The molecule has 0 unspecified atom stereocenters. The maximum absolute atomic E-state index is 12.8. The number of fused-ring (bicyclic) bond motifs is 1. The molecule has 1 aliphatic rings. The molecule has 4 aromatic rings. The summed E-state index contributed by atoms with van der Waals surface area (Å²) in [6.45, 7) is 3.08. The summed E-state index contributed by atoms with van der Waals surface area (Å²) in [5, 5.41) is 10.8. The Bertz CT molecular complexity index is 1270. The van der Waals surface area contributed by atoms with E-state index >= 15 is 0 Å². The summed E-state index contributed by atoms with van der Waals surface area (Å²) in [5.41, 5.74) is 3.75. The lowest BCUT2D eigenvalue weighted by molar-refractivity contribution is -0.117. The van der Waals surface area contributed by atoms with Crippen LogP contribution in [0.3, 0.4) is 0 Å². The van der Waals surface area contributed by atoms with Crippen molar-refractivity contribution in [2.75, 3.05) is 18.1 Å². The normalized spacial score (nSPS) is 17.0. The number of carbonyl (C=O) groups is 1. The first-order chi connectivity index (χ1) is 16.1. The van der Waals surface area contributed by atoms with Crippen LogP contribution in [-0.4, -0.2) is 39.8 Å². The molecule has 1 aromatic heterocycles. The molecule has 1 fully saturated rings. The van der Waals surface area contributed by atoms with Crippen molar-refractivity contribution in [2.45, 2.75) is 31.9 Å². The van der Waals surface area contributed by atoms with E-state index in [0.717, 1.165) is 33.9 Å². The Balaban J connectivity index is 1.39. The largest absolute Gasteiger partial charge is 0.491 e. The van der Waals surface area contributed by atoms with Crippen LogP contribution in [0.1, 0.15) is 23.7 Å². The number of nitrogens with zero attached hydrogens (tertiary/aromatic N) is 3. The van der Waals surface area contributed by atoms with Gasteiger partial charge in [0.15, 0.2) is 0 Å². The Morgan fingerprint density at radius 3 is 2.58 bits per heavy atom. The van der Waals surface area contributed by atoms with Crippen LogP contribution in [0.4, 0.5) is 5.69 Å². The molecular weight excluding hydrogens is 414 g/mol. The minimum Gasteiger partial charge on any atom is -0.491 e. The number of hydrogen-bond donors (Lipinski definition) is 1. The van der Waals surface area contributed by atoms with E-state index in [9.17, 15) is 9.90 Å². The molecule has 1 saturated heterocycles. The van der Waals surface area contributed by atoms with Gasteiger partial charge in [-0.25, -0.2) is 4.98 Å². The standard InChI is InChI=1S/C27H27N3O3/c1-19-9-5-8-14-25(19)33-18-22(31)17-30-24-13-7-6-12-23(24)28-27(30)20-15-26(32)29(16-20)21-10-3-2-4-11-21/h2-14,20,22,31H,15-18H2,1H3/t20-,22-/m1/s1. The van der Waals surface area contributed by atoms with E-state index in [0.29, 0.717) is 19.5 Å². The smallest absolute Gasteiger partial charge is 0.227 e. The Labute approximate surface area is 193 Å². The van der Waals surface area contributed by atoms with Gasteiger partial charge in [0.2, 0.25) is 5.91 Å². The summed E-state index contributed by atoms with van der Waals surface area (Å²) in [5.74, 6) is 1.65. The SMILES string of the molecule is Cc1ccccc1OC[C@H](O)Cn1c([C@@H]2CC(=O)N(c3ccccc3)C2)nc2ccccc21. The van der Waals surface area contributed by atoms with Gasteiger partial charge in [0, 0.05) is 24.6 Å². The maximum atomic E-state index is 12.8. The van der Waals surface area contributed by atoms with Crippen molar-refractivity contribution >= 4 is 22.6 Å². The highest BCUT2D eigenvalue weighted by atomic mass is 16.5. The lowest BCUT2D eigenvalue weighted by atomic mass is 10.1. The predicted octanol–water partition coefficient (Wildman–Crippen LogP) is 4.31. The van der Waals surface area contributed by atoms with Gasteiger partial charge in [-0.2, -0.15) is 0 Å². The fraction of sp³-hybridized carbons (Fsp3) is 0.259. The van der Waals surface area contributed by atoms with E-state index in [1.807, 2.05) is 95.3 Å². The summed E-state index contributed by atoms with van der Waals surface area (Å²) < 4.78 is 7.92. The molecule has 0 aliphatic carbocycles. The number of aryl methyl sites for hydroxylation is 1. The fourth-order valence-corrected chi connectivity index (χ4v) is 4.50. The van der Waals surface area contributed by atoms with Gasteiger partial charge in [0.1, 0.15) is 24.3 Å². The number of aliphatic hydroxyl groups excluding tert-OH is 1. The first-order valence-corrected chi connectivity index (χ1v) is 11.3. The lowest BCUT2D eigenvalue weighted by Crippen LogP contribution is -2.26. The van der Waals surface area contributed by atoms with Crippen LogP contribution in [0, 0.1) is 6.92 Å². The van der Waals surface area contributed by atoms with E-state index in [2.05, 4.69) is 0 Å². The molecule has 6 nitrogen and oxygen atoms in total. The Hall–Kier alpha value is -3.64. The molecular formula is C27H27N3O3. The van der Waals surface area contributed by atoms with Gasteiger partial charge in [0.25, 0.3) is 0 Å². The highest BCUT2D eigenvalue weighted by molar-refractivity contribution is 5.96. The number of benzene rings is 3. The third-order valence-electron chi connectivity index (χ3n) is 6.16. The van der Waals surface area contributed by atoms with Gasteiger partial charge < -0.3 is 19.3 Å². The number of aliphatic hydroxyl groups is 1. The molecule has 2 atom stereocenters. The van der Waals surface area contributed by atoms with Crippen molar-refractivity contribution in [3.8, 4) is 5.75 Å². The fourth-order valence-electron chi connectivity index (χ4n) is 4.50. The number of carbonyl (C=O) groups excluding carboxylic acids is 1. The summed E-state index contributed by atoms with van der Waals surface area (Å²) in [6.07, 6.45) is -0.322. The van der Waals surface area contributed by atoms with Crippen LogP contribution in [0.15, 0.2) is 78.9 Å². The Morgan fingerprint density at radius 2 is 1.76 bits per heavy atom. The first kappa shape index (κ1) is 21.2. The predicted molar refractivity (Wildman–Crippen MR) is 129 cm³/mol. The second-order valence-corrected chi connectivity index (χ2v) is 8.54. The summed E-state index contributed by atoms with van der Waals surface area (Å²) >= 11 is 0. The van der Waals surface area contributed by atoms with Crippen LogP contribution in [0.2, 0.25) is 0 Å². The first-order valence-electron chi connectivity index (χ1n) is 11.3. The molecule has 0 spiro atoms. The number of hydrogen-bond acceptors (Lipinski definition) is 4. The van der Waals surface area contributed by atoms with Crippen LogP contribution < -0.4 is 9.64 Å². The van der Waals surface area contributed by atoms with E-state index in [-0.39, 0.29) is 18.4 Å². The van der Waals surface area contributed by atoms with Crippen molar-refractivity contribution in [3.63, 3.8) is 0 Å². The molecule has 5 rings (SSSR count). The number of para-hydroxylation sites is 4. The average Bonchev–Trinajstić information content (AvgIpc) is 3.40. The summed E-state index contributed by atoms with van der Waals surface area (Å²) in [7, 11) is 0. The van der Waals surface area contributed by atoms with Gasteiger partial charge >= 0.3 is 0 Å². The quantitative estimate of drug-likeness (QED) is 0.464. The monoisotopic (exact) mass is 441 g/mol. The number of rotatable bonds is 7. The third-order valence-corrected chi connectivity index (χ3v) is 6.16. The lowest BCUT2D eigenvalue weighted by Gasteiger charge is -2.19. The van der Waals surface area contributed by atoms with Crippen molar-refractivity contribution in [2.24, 2.45) is 0 Å². The molecule has 1 N–H and O–H groups in total. The van der Waals surface area contributed by atoms with E-state index in [1.165, 1.54) is 0 Å². The van der Waals surface area contributed by atoms with E-state index in [1.54, 1.807) is 0 Å². The Morgan fingerprint density at radius 1 is 1.03 bits per heavy atom. The van der Waals surface area contributed by atoms with Gasteiger partial charge in [-0.1, -0.05) is 48.5 Å². The second-order valence-electron chi connectivity index (χ2n) is 8.54. The third kappa shape index (κ3) is 4.34. The maximum Gasteiger partial charge on any atom is 0.227 e. The van der Waals surface area contributed by atoms with Crippen molar-refractivity contribution in [3.05, 3.63) is 90.3 Å². The summed E-state index contributed by atoms with van der Waals surface area (Å²) in [4.78, 5) is 19.5. The minimum atomic E-state index is -0.719. The highest BCUT2D eigenvalue weighted by Gasteiger charge is 2.35. The van der Waals surface area contributed by atoms with Gasteiger partial charge in [-0.3, -0.25) is 4.79 Å². The zero-order valence-electron chi connectivity index (χ0n) is 18.6. The highest BCUT2D eigenvalue weighted by Crippen LogP contribution is 2.33. The number of ether oxygens (including phenoxy) is 1. The molecule has 6 heteroatoms. The van der Waals surface area contributed by atoms with Gasteiger partial charge in [0.05, 0.1) is 17.6 Å². The van der Waals surface area contributed by atoms with Gasteiger partial charge in [-0.05, 0) is 42.8 Å². The zero-order valence-corrected chi connectivity index (χ0v) is 18.6. The molecule has 0 saturated carbocycles. The topological polar surface area (TPSA) is 67.6 Å². The molecule has 3 aromatic carbocycles. The number of amides is 1. The summed E-state index contributed by atoms with van der Waals surface area (Å²) in [6, 6.07) is 25.4. The molecule has 168 valence electrons. The molecule has 1 amide bonds. The Kier molecular flexibility index (Phi) is 5.84. The van der Waals surface area contributed by atoms with E-state index < -0.39 is 6.10 Å². The molecule has 2 heterocycles. The molecule has 0 bridgehead atoms. The number of imidazole rings is 1. The van der Waals surface area contributed by atoms with Crippen LogP contribution in [-0.2, 0) is 11.3 Å². The molecule has 33 heavy (non-hydrogen) atoms.